The first kappa shape index (κ1) is 16.8. The summed E-state index contributed by atoms with van der Waals surface area (Å²) >= 11 is 7.51. The van der Waals surface area contributed by atoms with Crippen molar-refractivity contribution in [2.75, 3.05) is 12.4 Å². The highest BCUT2D eigenvalue weighted by Gasteiger charge is 2.22. The molecule has 0 radical (unpaired) electrons. The fraction of sp³-hybridized carbons (Fsp3) is 0.643. The molecule has 0 aliphatic carbocycles. The Morgan fingerprint density at radius 1 is 1.47 bits per heavy atom. The summed E-state index contributed by atoms with van der Waals surface area (Å²) in [5, 5.41) is 14.6. The van der Waals surface area contributed by atoms with Gasteiger partial charge in [0, 0.05) is 17.8 Å². The van der Waals surface area contributed by atoms with Crippen molar-refractivity contribution in [1.82, 2.24) is 10.3 Å². The molecule has 0 amide bonds. The summed E-state index contributed by atoms with van der Waals surface area (Å²) < 4.78 is 0. The minimum Gasteiger partial charge on any atom is -0.394 e. The maximum atomic E-state index is 9.48. The van der Waals surface area contributed by atoms with E-state index in [2.05, 4.69) is 31.1 Å². The van der Waals surface area contributed by atoms with Crippen LogP contribution >= 0.6 is 23.4 Å². The van der Waals surface area contributed by atoms with Crippen LogP contribution in [0.1, 0.15) is 33.6 Å². The second-order valence-electron chi connectivity index (χ2n) is 5.28. The lowest BCUT2D eigenvalue weighted by Crippen LogP contribution is -2.49. The van der Waals surface area contributed by atoms with E-state index in [0.717, 1.165) is 23.6 Å². The molecular formula is C14H23ClN2OS. The Kier molecular flexibility index (Phi) is 7.15. The van der Waals surface area contributed by atoms with Gasteiger partial charge >= 0.3 is 0 Å². The smallest absolute Gasteiger partial charge is 0.0960 e. The van der Waals surface area contributed by atoms with Crippen LogP contribution in [0.2, 0.25) is 5.02 Å². The minimum absolute atomic E-state index is 0.162. The van der Waals surface area contributed by atoms with Crippen molar-refractivity contribution in [3.8, 4) is 0 Å². The minimum atomic E-state index is -0.192. The van der Waals surface area contributed by atoms with Gasteiger partial charge in [0.1, 0.15) is 0 Å². The van der Waals surface area contributed by atoms with Crippen molar-refractivity contribution in [2.45, 2.75) is 50.2 Å². The third-order valence-corrected chi connectivity index (χ3v) is 4.06. The normalized spacial score (nSPS) is 14.6. The van der Waals surface area contributed by atoms with Gasteiger partial charge < -0.3 is 10.4 Å². The lowest BCUT2D eigenvalue weighted by Gasteiger charge is -2.31. The van der Waals surface area contributed by atoms with E-state index in [1.807, 2.05) is 12.1 Å². The van der Waals surface area contributed by atoms with Gasteiger partial charge in [-0.1, -0.05) is 25.4 Å². The molecule has 0 aromatic carbocycles. The molecule has 3 nitrogen and oxygen atoms in total. The Balaban J connectivity index is 2.31. The maximum Gasteiger partial charge on any atom is 0.0960 e. The van der Waals surface area contributed by atoms with Crippen molar-refractivity contribution in [3.63, 3.8) is 0 Å². The SMILES string of the molecule is CC(C)NC(C)(CO)CCCSc1ccc(Cl)cn1. The predicted molar refractivity (Wildman–Crippen MR) is 83.0 cm³/mol. The van der Waals surface area contributed by atoms with Gasteiger partial charge in [-0.3, -0.25) is 0 Å². The highest BCUT2D eigenvalue weighted by atomic mass is 35.5. The first-order valence-corrected chi connectivity index (χ1v) is 7.94. The Morgan fingerprint density at radius 2 is 2.21 bits per heavy atom. The van der Waals surface area contributed by atoms with Crippen LogP contribution in [0.25, 0.3) is 0 Å². The quantitative estimate of drug-likeness (QED) is 0.571. The number of thioether (sulfide) groups is 1. The van der Waals surface area contributed by atoms with Gasteiger partial charge in [0.25, 0.3) is 0 Å². The topological polar surface area (TPSA) is 45.1 Å². The van der Waals surface area contributed by atoms with Crippen LogP contribution in [-0.4, -0.2) is 34.0 Å². The van der Waals surface area contributed by atoms with E-state index in [-0.39, 0.29) is 12.1 Å². The third kappa shape index (κ3) is 6.61. The van der Waals surface area contributed by atoms with E-state index in [1.165, 1.54) is 0 Å². The van der Waals surface area contributed by atoms with Gasteiger partial charge in [0.05, 0.1) is 16.7 Å². The number of aromatic nitrogens is 1. The van der Waals surface area contributed by atoms with E-state index in [4.69, 9.17) is 11.6 Å². The second kappa shape index (κ2) is 8.10. The molecule has 0 aliphatic heterocycles. The monoisotopic (exact) mass is 302 g/mol. The van der Waals surface area contributed by atoms with Crippen LogP contribution in [0.5, 0.6) is 0 Å². The molecule has 1 rings (SSSR count). The van der Waals surface area contributed by atoms with Gasteiger partial charge in [0.2, 0.25) is 0 Å². The van der Waals surface area contributed by atoms with E-state index >= 15 is 0 Å². The van der Waals surface area contributed by atoms with Crippen LogP contribution in [0.3, 0.4) is 0 Å². The molecule has 0 saturated carbocycles. The van der Waals surface area contributed by atoms with Crippen molar-refractivity contribution in [3.05, 3.63) is 23.4 Å². The lowest BCUT2D eigenvalue weighted by molar-refractivity contribution is 0.156. The van der Waals surface area contributed by atoms with Gasteiger partial charge in [-0.05, 0) is 37.7 Å². The summed E-state index contributed by atoms with van der Waals surface area (Å²) in [6.07, 6.45) is 3.65. The molecule has 5 heteroatoms. The average Bonchev–Trinajstić information content (AvgIpc) is 2.36. The van der Waals surface area contributed by atoms with Crippen LogP contribution in [0, 0.1) is 0 Å². The number of nitrogens with zero attached hydrogens (tertiary/aromatic N) is 1. The molecule has 108 valence electrons. The molecule has 1 aromatic heterocycles. The molecule has 0 spiro atoms. The summed E-state index contributed by atoms with van der Waals surface area (Å²) in [6, 6.07) is 4.17. The van der Waals surface area contributed by atoms with Crippen molar-refractivity contribution >= 4 is 23.4 Å². The summed E-state index contributed by atoms with van der Waals surface area (Å²) in [6.45, 7) is 6.42. The van der Waals surface area contributed by atoms with Crippen molar-refractivity contribution in [1.29, 1.82) is 0 Å². The van der Waals surface area contributed by atoms with Crippen LogP contribution in [-0.2, 0) is 0 Å². The van der Waals surface area contributed by atoms with E-state index in [1.54, 1.807) is 18.0 Å². The number of halogens is 1. The van der Waals surface area contributed by atoms with Gasteiger partial charge in [0.15, 0.2) is 0 Å². The highest BCUT2D eigenvalue weighted by molar-refractivity contribution is 7.99. The largest absolute Gasteiger partial charge is 0.394 e. The molecule has 1 aromatic rings. The molecule has 2 N–H and O–H groups in total. The number of aliphatic hydroxyl groups excluding tert-OH is 1. The van der Waals surface area contributed by atoms with Crippen molar-refractivity contribution in [2.24, 2.45) is 0 Å². The first-order valence-electron chi connectivity index (χ1n) is 6.58. The van der Waals surface area contributed by atoms with E-state index in [0.29, 0.717) is 11.1 Å². The number of hydrogen-bond donors (Lipinski definition) is 2. The highest BCUT2D eigenvalue weighted by Crippen LogP contribution is 2.21. The van der Waals surface area contributed by atoms with Crippen molar-refractivity contribution < 1.29 is 5.11 Å². The van der Waals surface area contributed by atoms with Crippen LogP contribution < -0.4 is 5.32 Å². The average molecular weight is 303 g/mol. The summed E-state index contributed by atoms with van der Waals surface area (Å²) in [5.74, 6) is 0.990. The van der Waals surface area contributed by atoms with Crippen LogP contribution in [0.4, 0.5) is 0 Å². The zero-order valence-corrected chi connectivity index (χ0v) is 13.4. The Labute approximate surface area is 125 Å². The molecule has 1 heterocycles. The van der Waals surface area contributed by atoms with Gasteiger partial charge in [-0.25, -0.2) is 4.98 Å². The number of pyridine rings is 1. The summed E-state index contributed by atoms with van der Waals surface area (Å²) in [7, 11) is 0. The molecule has 0 bridgehead atoms. The number of hydrogen-bond acceptors (Lipinski definition) is 4. The predicted octanol–water partition coefficient (Wildman–Crippen LogP) is 3.36. The molecule has 1 atom stereocenters. The number of nitrogens with one attached hydrogen (secondary N) is 1. The molecule has 1 unspecified atom stereocenters. The molecule has 0 saturated heterocycles. The standard InChI is InChI=1S/C14H23ClN2OS/c1-11(2)17-14(3,10-18)7-4-8-19-13-6-5-12(15)9-16-13/h5-6,9,11,17-18H,4,7-8,10H2,1-3H3. The molecular weight excluding hydrogens is 280 g/mol. The third-order valence-electron chi connectivity index (χ3n) is 2.81. The molecule has 0 aliphatic rings. The van der Waals surface area contributed by atoms with E-state index in [9.17, 15) is 5.11 Å². The lowest BCUT2D eigenvalue weighted by atomic mass is 9.96. The first-order chi connectivity index (χ1) is 8.95. The zero-order valence-electron chi connectivity index (χ0n) is 11.8. The number of aliphatic hydroxyl groups is 1. The number of rotatable bonds is 8. The fourth-order valence-corrected chi connectivity index (χ4v) is 2.88. The second-order valence-corrected chi connectivity index (χ2v) is 6.84. The zero-order chi connectivity index (χ0) is 14.3. The molecule has 0 fully saturated rings. The Hall–Kier alpha value is -0.290. The summed E-state index contributed by atoms with van der Waals surface area (Å²) in [5.41, 5.74) is -0.192. The Bertz CT molecular complexity index is 372. The van der Waals surface area contributed by atoms with Gasteiger partial charge in [-0.15, -0.1) is 11.8 Å². The fourth-order valence-electron chi connectivity index (χ4n) is 1.98. The summed E-state index contributed by atoms with van der Waals surface area (Å²) in [4.78, 5) is 4.25. The van der Waals surface area contributed by atoms with E-state index < -0.39 is 0 Å². The Morgan fingerprint density at radius 3 is 2.74 bits per heavy atom. The van der Waals surface area contributed by atoms with Crippen LogP contribution in [0.15, 0.2) is 23.4 Å². The molecule has 19 heavy (non-hydrogen) atoms. The van der Waals surface area contributed by atoms with Gasteiger partial charge in [-0.2, -0.15) is 0 Å². The maximum absolute atomic E-state index is 9.48.